The van der Waals surface area contributed by atoms with E-state index in [1.54, 1.807) is 31.0 Å². The van der Waals surface area contributed by atoms with Crippen LogP contribution in [0.5, 0.6) is 0 Å². The zero-order valence-electron chi connectivity index (χ0n) is 12.0. The first-order chi connectivity index (χ1) is 9.43. The van der Waals surface area contributed by atoms with Gasteiger partial charge in [-0.25, -0.2) is 4.39 Å². The van der Waals surface area contributed by atoms with Crippen LogP contribution in [0.2, 0.25) is 0 Å². The molecule has 2 N–H and O–H groups in total. The number of likely N-dealkylation sites (N-methyl/N-ethyl adjacent to an activating group) is 1. The smallest absolute Gasteiger partial charge is 0.131 e. The lowest BCUT2D eigenvalue weighted by molar-refractivity contribution is -0.0573. The minimum absolute atomic E-state index is 0.269. The number of nitrogens with zero attached hydrogens (tertiary/aromatic N) is 1. The lowest BCUT2D eigenvalue weighted by Crippen LogP contribution is -2.46. The molecule has 0 bridgehead atoms. The van der Waals surface area contributed by atoms with E-state index in [0.717, 1.165) is 0 Å². The van der Waals surface area contributed by atoms with Crippen LogP contribution in [0.4, 0.5) is 10.1 Å². The van der Waals surface area contributed by atoms with Crippen LogP contribution < -0.4 is 4.90 Å². The van der Waals surface area contributed by atoms with E-state index in [2.05, 4.69) is 0 Å². The van der Waals surface area contributed by atoms with Gasteiger partial charge < -0.3 is 19.8 Å². The number of anilines is 1. The van der Waals surface area contributed by atoms with Gasteiger partial charge in [0.05, 0.1) is 11.7 Å². The Morgan fingerprint density at radius 2 is 2.05 bits per heavy atom. The molecule has 1 aliphatic heterocycles. The summed E-state index contributed by atoms with van der Waals surface area (Å²) in [6.07, 6.45) is 0.242. The predicted molar refractivity (Wildman–Crippen MR) is 75.3 cm³/mol. The molecule has 2 rings (SSSR count). The van der Waals surface area contributed by atoms with Crippen molar-refractivity contribution in [1.29, 1.82) is 0 Å². The molecule has 1 saturated heterocycles. The SMILES string of the molecule is CC(O)c1c(F)cccc1N(C)CC1(O)CCOCC1. The van der Waals surface area contributed by atoms with Gasteiger partial charge >= 0.3 is 0 Å². The Bertz CT molecular complexity index is 458. The van der Waals surface area contributed by atoms with Crippen molar-refractivity contribution in [3.05, 3.63) is 29.6 Å². The maximum atomic E-state index is 13.9. The summed E-state index contributed by atoms with van der Waals surface area (Å²) in [6, 6.07) is 4.71. The van der Waals surface area contributed by atoms with Gasteiger partial charge in [-0.3, -0.25) is 0 Å². The van der Waals surface area contributed by atoms with Crippen LogP contribution >= 0.6 is 0 Å². The van der Waals surface area contributed by atoms with E-state index in [0.29, 0.717) is 38.3 Å². The molecule has 0 aliphatic carbocycles. The first-order valence-electron chi connectivity index (χ1n) is 6.91. The molecule has 20 heavy (non-hydrogen) atoms. The summed E-state index contributed by atoms with van der Waals surface area (Å²) >= 11 is 0. The quantitative estimate of drug-likeness (QED) is 0.885. The third-order valence-corrected chi connectivity index (χ3v) is 3.81. The van der Waals surface area contributed by atoms with E-state index in [9.17, 15) is 14.6 Å². The molecule has 1 fully saturated rings. The Kier molecular flexibility index (Phi) is 4.62. The molecule has 0 spiro atoms. The van der Waals surface area contributed by atoms with Crippen LogP contribution in [0.15, 0.2) is 18.2 Å². The van der Waals surface area contributed by atoms with Crippen molar-refractivity contribution in [3.8, 4) is 0 Å². The number of ether oxygens (including phenoxy) is 1. The average molecular weight is 283 g/mol. The van der Waals surface area contributed by atoms with Gasteiger partial charge in [0.2, 0.25) is 0 Å². The lowest BCUT2D eigenvalue weighted by Gasteiger charge is -2.37. The van der Waals surface area contributed by atoms with Crippen LogP contribution in [0, 0.1) is 5.82 Å². The second-order valence-electron chi connectivity index (χ2n) is 5.54. The van der Waals surface area contributed by atoms with Gasteiger partial charge in [-0.05, 0) is 19.1 Å². The van der Waals surface area contributed by atoms with Crippen LogP contribution in [-0.2, 0) is 4.74 Å². The van der Waals surface area contributed by atoms with Crippen molar-refractivity contribution in [2.24, 2.45) is 0 Å². The molecule has 4 nitrogen and oxygen atoms in total. The van der Waals surface area contributed by atoms with Crippen molar-refractivity contribution in [2.45, 2.75) is 31.5 Å². The summed E-state index contributed by atoms with van der Waals surface area (Å²) in [6.45, 7) is 3.01. The highest BCUT2D eigenvalue weighted by Crippen LogP contribution is 2.30. The molecule has 1 unspecified atom stereocenters. The first-order valence-corrected chi connectivity index (χ1v) is 6.91. The second kappa shape index (κ2) is 6.08. The van der Waals surface area contributed by atoms with E-state index >= 15 is 0 Å². The summed E-state index contributed by atoms with van der Waals surface area (Å²) in [5.41, 5.74) is 0.0560. The molecule has 5 heteroatoms. The van der Waals surface area contributed by atoms with Crippen LogP contribution in [0.25, 0.3) is 0 Å². The second-order valence-corrected chi connectivity index (χ2v) is 5.54. The minimum atomic E-state index is -0.891. The highest BCUT2D eigenvalue weighted by molar-refractivity contribution is 5.55. The fraction of sp³-hybridized carbons (Fsp3) is 0.600. The Hall–Kier alpha value is -1.17. The zero-order valence-corrected chi connectivity index (χ0v) is 12.0. The van der Waals surface area contributed by atoms with Gasteiger partial charge in [0.25, 0.3) is 0 Å². The standard InChI is InChI=1S/C15H22FNO3/c1-11(18)14-12(16)4-3-5-13(14)17(2)10-15(19)6-8-20-9-7-15/h3-5,11,18-19H,6-10H2,1-2H3. The molecule has 1 aliphatic rings. The largest absolute Gasteiger partial charge is 0.389 e. The van der Waals surface area contributed by atoms with E-state index in [4.69, 9.17) is 4.74 Å². The van der Waals surface area contributed by atoms with Crippen LogP contribution in [0.3, 0.4) is 0 Å². The summed E-state index contributed by atoms with van der Waals surface area (Å²) in [5.74, 6) is -0.427. The van der Waals surface area contributed by atoms with Gasteiger partial charge in [-0.2, -0.15) is 0 Å². The van der Waals surface area contributed by atoms with E-state index in [1.165, 1.54) is 6.07 Å². The van der Waals surface area contributed by atoms with Crippen molar-refractivity contribution in [2.75, 3.05) is 31.7 Å². The Morgan fingerprint density at radius 1 is 1.40 bits per heavy atom. The fourth-order valence-corrected chi connectivity index (χ4v) is 2.71. The number of hydrogen-bond donors (Lipinski definition) is 2. The molecule has 112 valence electrons. The maximum absolute atomic E-state index is 13.9. The van der Waals surface area contributed by atoms with E-state index in [-0.39, 0.29) is 5.56 Å². The molecular weight excluding hydrogens is 261 g/mol. The Morgan fingerprint density at radius 3 is 2.65 bits per heavy atom. The number of aliphatic hydroxyl groups is 2. The van der Waals surface area contributed by atoms with Gasteiger partial charge in [0.1, 0.15) is 5.82 Å². The van der Waals surface area contributed by atoms with Crippen LogP contribution in [0.1, 0.15) is 31.4 Å². The summed E-state index contributed by atoms with van der Waals surface area (Å²) in [4.78, 5) is 1.80. The third-order valence-electron chi connectivity index (χ3n) is 3.81. The maximum Gasteiger partial charge on any atom is 0.131 e. The molecule has 1 atom stereocenters. The number of halogens is 1. The molecule has 1 heterocycles. The minimum Gasteiger partial charge on any atom is -0.389 e. The fourth-order valence-electron chi connectivity index (χ4n) is 2.71. The monoisotopic (exact) mass is 283 g/mol. The molecule has 0 amide bonds. The summed E-state index contributed by atoms with van der Waals surface area (Å²) in [5, 5.41) is 20.3. The van der Waals surface area contributed by atoms with Gasteiger partial charge in [0, 0.05) is 50.9 Å². The Labute approximate surface area is 118 Å². The van der Waals surface area contributed by atoms with E-state index in [1.807, 2.05) is 0 Å². The van der Waals surface area contributed by atoms with Crippen molar-refractivity contribution < 1.29 is 19.3 Å². The van der Waals surface area contributed by atoms with E-state index < -0.39 is 17.5 Å². The number of aliphatic hydroxyl groups excluding tert-OH is 1. The van der Waals surface area contributed by atoms with Crippen molar-refractivity contribution >= 4 is 5.69 Å². The highest BCUT2D eigenvalue weighted by Gasteiger charge is 2.32. The predicted octanol–water partition coefficient (Wildman–Crippen LogP) is 1.86. The number of benzene rings is 1. The highest BCUT2D eigenvalue weighted by atomic mass is 19.1. The number of hydrogen-bond acceptors (Lipinski definition) is 4. The molecule has 0 radical (unpaired) electrons. The van der Waals surface area contributed by atoms with Gasteiger partial charge in [0.15, 0.2) is 0 Å². The Balaban J connectivity index is 2.20. The van der Waals surface area contributed by atoms with Gasteiger partial charge in [-0.1, -0.05) is 6.07 Å². The zero-order chi connectivity index (χ0) is 14.8. The summed E-state index contributed by atoms with van der Waals surface area (Å²) in [7, 11) is 1.80. The lowest BCUT2D eigenvalue weighted by atomic mass is 9.93. The first kappa shape index (κ1) is 15.2. The molecule has 0 saturated carbocycles. The average Bonchev–Trinajstić information content (AvgIpc) is 2.38. The van der Waals surface area contributed by atoms with Crippen molar-refractivity contribution in [3.63, 3.8) is 0 Å². The van der Waals surface area contributed by atoms with Crippen molar-refractivity contribution in [1.82, 2.24) is 0 Å². The molecular formula is C15H22FNO3. The third kappa shape index (κ3) is 3.29. The normalized spacial score (nSPS) is 19.6. The van der Waals surface area contributed by atoms with Crippen LogP contribution in [-0.4, -0.2) is 42.6 Å². The van der Waals surface area contributed by atoms with Gasteiger partial charge in [-0.15, -0.1) is 0 Å². The molecule has 0 aromatic heterocycles. The topological polar surface area (TPSA) is 52.9 Å². The molecule has 1 aromatic rings. The molecule has 1 aromatic carbocycles. The number of rotatable bonds is 4. The summed E-state index contributed by atoms with van der Waals surface area (Å²) < 4.78 is 19.1.